The first-order valence-electron chi connectivity index (χ1n) is 7.44. The maximum absolute atomic E-state index is 11.4. The van der Waals surface area contributed by atoms with Gasteiger partial charge in [0.25, 0.3) is 0 Å². The molecule has 0 bridgehead atoms. The van der Waals surface area contributed by atoms with Gasteiger partial charge in [-0.1, -0.05) is 42.7 Å². The zero-order valence-corrected chi connectivity index (χ0v) is 12.2. The maximum Gasteiger partial charge on any atom is 0.131 e. The van der Waals surface area contributed by atoms with Crippen molar-refractivity contribution in [2.45, 2.75) is 58.5 Å². The molecule has 1 heterocycles. The molecule has 2 rings (SSSR count). The van der Waals surface area contributed by atoms with Crippen LogP contribution >= 0.6 is 0 Å². The van der Waals surface area contributed by atoms with E-state index in [1.165, 1.54) is 36.8 Å². The Kier molecular flexibility index (Phi) is 5.15. The fourth-order valence-corrected chi connectivity index (χ4v) is 3.05. The van der Waals surface area contributed by atoms with E-state index in [1.54, 1.807) is 6.92 Å². The van der Waals surface area contributed by atoms with Crippen molar-refractivity contribution in [3.63, 3.8) is 0 Å². The lowest BCUT2D eigenvalue weighted by atomic mass is 10.0. The summed E-state index contributed by atoms with van der Waals surface area (Å²) in [5.41, 5.74) is 2.69. The van der Waals surface area contributed by atoms with Gasteiger partial charge in [-0.25, -0.2) is 0 Å². The van der Waals surface area contributed by atoms with Gasteiger partial charge in [-0.3, -0.25) is 9.69 Å². The Hall–Kier alpha value is -1.15. The minimum absolute atomic E-state index is 0.321. The predicted molar refractivity (Wildman–Crippen MR) is 79.1 cm³/mol. The summed E-state index contributed by atoms with van der Waals surface area (Å²) in [6.07, 6.45) is 5.72. The van der Waals surface area contributed by atoms with Gasteiger partial charge in [-0.15, -0.1) is 0 Å². The number of Topliss-reactive ketones (excluding diaryl/α,β-unsaturated/α-hetero) is 1. The molecular weight excluding hydrogens is 234 g/mol. The van der Waals surface area contributed by atoms with E-state index in [0.717, 1.165) is 13.1 Å². The first-order chi connectivity index (χ1) is 9.15. The molecule has 0 aromatic heterocycles. The maximum atomic E-state index is 11.4. The van der Waals surface area contributed by atoms with E-state index in [-0.39, 0.29) is 0 Å². The second-order valence-corrected chi connectivity index (χ2v) is 5.87. The van der Waals surface area contributed by atoms with Crippen molar-refractivity contribution in [3.05, 3.63) is 35.4 Å². The number of nitrogens with zero attached hydrogens (tertiary/aromatic N) is 1. The van der Waals surface area contributed by atoms with E-state index in [9.17, 15) is 4.79 Å². The standard InChI is InChI=1S/C17H25NO/c1-14-7-6-8-16(11-14)13-18-10-5-3-4-9-17(18)12-15(2)19/h6-8,11,17H,3-5,9-10,12-13H2,1-2H3. The van der Waals surface area contributed by atoms with Crippen LogP contribution in [0.2, 0.25) is 0 Å². The van der Waals surface area contributed by atoms with E-state index in [2.05, 4.69) is 36.1 Å². The monoisotopic (exact) mass is 259 g/mol. The van der Waals surface area contributed by atoms with Gasteiger partial charge in [0.05, 0.1) is 0 Å². The molecule has 19 heavy (non-hydrogen) atoms. The van der Waals surface area contributed by atoms with Crippen molar-refractivity contribution in [2.24, 2.45) is 0 Å². The molecule has 2 heteroatoms. The summed E-state index contributed by atoms with van der Waals surface area (Å²) in [4.78, 5) is 14.0. The zero-order chi connectivity index (χ0) is 13.7. The fourth-order valence-electron chi connectivity index (χ4n) is 3.05. The third-order valence-corrected chi connectivity index (χ3v) is 3.99. The molecule has 0 spiro atoms. The van der Waals surface area contributed by atoms with E-state index in [1.807, 2.05) is 0 Å². The smallest absolute Gasteiger partial charge is 0.131 e. The van der Waals surface area contributed by atoms with Crippen molar-refractivity contribution < 1.29 is 4.79 Å². The Morgan fingerprint density at radius 3 is 2.89 bits per heavy atom. The van der Waals surface area contributed by atoms with Crippen LogP contribution in [0.3, 0.4) is 0 Å². The summed E-state index contributed by atoms with van der Waals surface area (Å²) in [6.45, 7) is 5.97. The number of carbonyl (C=O) groups excluding carboxylic acids is 1. The molecule has 1 saturated heterocycles. The first-order valence-corrected chi connectivity index (χ1v) is 7.44. The highest BCUT2D eigenvalue weighted by Gasteiger charge is 2.22. The highest BCUT2D eigenvalue weighted by atomic mass is 16.1. The summed E-state index contributed by atoms with van der Waals surface area (Å²) in [5.74, 6) is 0.321. The number of benzene rings is 1. The lowest BCUT2D eigenvalue weighted by Crippen LogP contribution is -2.35. The largest absolute Gasteiger partial charge is 0.300 e. The average molecular weight is 259 g/mol. The molecule has 1 aliphatic rings. The van der Waals surface area contributed by atoms with Crippen LogP contribution in [-0.4, -0.2) is 23.3 Å². The topological polar surface area (TPSA) is 20.3 Å². The van der Waals surface area contributed by atoms with Crippen LogP contribution < -0.4 is 0 Å². The van der Waals surface area contributed by atoms with Crippen LogP contribution in [0.15, 0.2) is 24.3 Å². The highest BCUT2D eigenvalue weighted by Crippen LogP contribution is 2.22. The normalized spacial score (nSPS) is 21.1. The number of hydrogen-bond acceptors (Lipinski definition) is 2. The van der Waals surface area contributed by atoms with Crippen molar-refractivity contribution >= 4 is 5.78 Å². The van der Waals surface area contributed by atoms with Crippen LogP contribution in [0.5, 0.6) is 0 Å². The Balaban J connectivity index is 2.07. The molecule has 104 valence electrons. The van der Waals surface area contributed by atoms with Crippen molar-refractivity contribution in [3.8, 4) is 0 Å². The van der Waals surface area contributed by atoms with Gasteiger partial charge in [0.15, 0.2) is 0 Å². The molecule has 1 aromatic rings. The first kappa shape index (κ1) is 14.3. The summed E-state index contributed by atoms with van der Waals surface area (Å²) < 4.78 is 0. The van der Waals surface area contributed by atoms with Gasteiger partial charge in [0, 0.05) is 19.0 Å². The van der Waals surface area contributed by atoms with E-state index < -0.39 is 0 Å². The Labute approximate surface area is 116 Å². The van der Waals surface area contributed by atoms with Gasteiger partial charge in [0.2, 0.25) is 0 Å². The Morgan fingerprint density at radius 2 is 2.16 bits per heavy atom. The molecular formula is C17H25NO. The molecule has 0 radical (unpaired) electrons. The summed E-state index contributed by atoms with van der Waals surface area (Å²) >= 11 is 0. The Bertz CT molecular complexity index is 427. The van der Waals surface area contributed by atoms with Crippen molar-refractivity contribution in [1.29, 1.82) is 0 Å². The van der Waals surface area contributed by atoms with Gasteiger partial charge >= 0.3 is 0 Å². The third kappa shape index (κ3) is 4.46. The summed E-state index contributed by atoms with van der Waals surface area (Å²) in [6, 6.07) is 9.17. The third-order valence-electron chi connectivity index (χ3n) is 3.99. The number of rotatable bonds is 4. The summed E-state index contributed by atoms with van der Waals surface area (Å²) in [5, 5.41) is 0. The molecule has 0 amide bonds. The van der Waals surface area contributed by atoms with Crippen LogP contribution in [0.1, 0.15) is 50.2 Å². The number of ketones is 1. The fraction of sp³-hybridized carbons (Fsp3) is 0.588. The highest BCUT2D eigenvalue weighted by molar-refractivity contribution is 5.76. The number of aryl methyl sites for hydroxylation is 1. The lowest BCUT2D eigenvalue weighted by molar-refractivity contribution is -0.118. The zero-order valence-electron chi connectivity index (χ0n) is 12.2. The number of carbonyl (C=O) groups is 1. The minimum atomic E-state index is 0.321. The second-order valence-electron chi connectivity index (χ2n) is 5.87. The molecule has 0 N–H and O–H groups in total. The van der Waals surface area contributed by atoms with Crippen LogP contribution in [0, 0.1) is 6.92 Å². The number of hydrogen-bond donors (Lipinski definition) is 0. The molecule has 1 atom stereocenters. The van der Waals surface area contributed by atoms with E-state index in [0.29, 0.717) is 18.2 Å². The van der Waals surface area contributed by atoms with Crippen LogP contribution in [0.4, 0.5) is 0 Å². The average Bonchev–Trinajstić information content (AvgIpc) is 2.55. The summed E-state index contributed by atoms with van der Waals surface area (Å²) in [7, 11) is 0. The van der Waals surface area contributed by atoms with Crippen LogP contribution in [-0.2, 0) is 11.3 Å². The van der Waals surface area contributed by atoms with Gasteiger partial charge in [-0.2, -0.15) is 0 Å². The van der Waals surface area contributed by atoms with E-state index in [4.69, 9.17) is 0 Å². The lowest BCUT2D eigenvalue weighted by Gasteiger charge is -2.29. The molecule has 1 fully saturated rings. The predicted octanol–water partition coefficient (Wildman–Crippen LogP) is 3.72. The second kappa shape index (κ2) is 6.85. The molecule has 0 aliphatic carbocycles. The molecule has 1 aromatic carbocycles. The van der Waals surface area contributed by atoms with Gasteiger partial charge in [0.1, 0.15) is 5.78 Å². The Morgan fingerprint density at radius 1 is 1.32 bits per heavy atom. The van der Waals surface area contributed by atoms with Gasteiger partial charge in [-0.05, 0) is 38.8 Å². The molecule has 1 aliphatic heterocycles. The molecule has 2 nitrogen and oxygen atoms in total. The van der Waals surface area contributed by atoms with E-state index >= 15 is 0 Å². The van der Waals surface area contributed by atoms with Gasteiger partial charge < -0.3 is 0 Å². The number of likely N-dealkylation sites (tertiary alicyclic amines) is 1. The van der Waals surface area contributed by atoms with Crippen LogP contribution in [0.25, 0.3) is 0 Å². The molecule has 1 unspecified atom stereocenters. The SMILES string of the molecule is CC(=O)CC1CCCCCN1Cc1cccc(C)c1. The van der Waals surface area contributed by atoms with Crippen molar-refractivity contribution in [2.75, 3.05) is 6.54 Å². The quantitative estimate of drug-likeness (QED) is 0.821. The van der Waals surface area contributed by atoms with Crippen molar-refractivity contribution in [1.82, 2.24) is 4.90 Å². The molecule has 0 saturated carbocycles. The minimum Gasteiger partial charge on any atom is -0.300 e.